The van der Waals surface area contributed by atoms with Crippen LogP contribution in [-0.2, 0) is 9.53 Å². The molecular weight excluding hydrogens is 290 g/mol. The van der Waals surface area contributed by atoms with Crippen LogP contribution in [0.1, 0.15) is 51.0 Å². The summed E-state index contributed by atoms with van der Waals surface area (Å²) in [6.07, 6.45) is 3.79. The molecule has 1 atom stereocenters. The van der Waals surface area contributed by atoms with E-state index in [1.54, 1.807) is 7.11 Å². The Morgan fingerprint density at radius 1 is 1.26 bits per heavy atom. The standard InChI is InChI=1S/C19H29NO3/c1-4-14-23-19(21)17(5-2)20-12-10-15(11-13-20)16-8-6-7-9-18(16)22-3/h6-9,15,17H,4-5,10-14H2,1-3H3. The van der Waals surface area contributed by atoms with E-state index in [2.05, 4.69) is 24.0 Å². The second-order valence-electron chi connectivity index (χ2n) is 6.14. The molecule has 1 fully saturated rings. The molecule has 1 aromatic carbocycles. The zero-order valence-electron chi connectivity index (χ0n) is 14.6. The summed E-state index contributed by atoms with van der Waals surface area (Å²) in [4.78, 5) is 14.5. The molecule has 2 rings (SSSR count). The van der Waals surface area contributed by atoms with Gasteiger partial charge in [-0.15, -0.1) is 0 Å². The third-order valence-corrected chi connectivity index (χ3v) is 4.66. The Hall–Kier alpha value is -1.55. The van der Waals surface area contributed by atoms with Crippen LogP contribution in [-0.4, -0.2) is 43.7 Å². The predicted octanol–water partition coefficient (Wildman–Crippen LogP) is 3.61. The van der Waals surface area contributed by atoms with Crippen LogP contribution in [0.15, 0.2) is 24.3 Å². The van der Waals surface area contributed by atoms with Gasteiger partial charge in [-0.1, -0.05) is 32.0 Å². The van der Waals surface area contributed by atoms with Crippen LogP contribution in [0.2, 0.25) is 0 Å². The Morgan fingerprint density at radius 2 is 1.96 bits per heavy atom. The number of ether oxygens (including phenoxy) is 2. The summed E-state index contributed by atoms with van der Waals surface area (Å²) in [6, 6.07) is 8.17. The number of carbonyl (C=O) groups excluding carboxylic acids is 1. The summed E-state index contributed by atoms with van der Waals surface area (Å²) in [5.74, 6) is 1.41. The van der Waals surface area contributed by atoms with Gasteiger partial charge in [-0.2, -0.15) is 0 Å². The fourth-order valence-electron chi connectivity index (χ4n) is 3.40. The summed E-state index contributed by atoms with van der Waals surface area (Å²) in [5, 5.41) is 0. The molecule has 0 saturated carbocycles. The Balaban J connectivity index is 1.95. The van der Waals surface area contributed by atoms with Crippen LogP contribution >= 0.6 is 0 Å². The van der Waals surface area contributed by atoms with Crippen LogP contribution in [0.3, 0.4) is 0 Å². The van der Waals surface area contributed by atoms with Gasteiger partial charge < -0.3 is 9.47 Å². The van der Waals surface area contributed by atoms with Gasteiger partial charge in [-0.3, -0.25) is 9.69 Å². The number of hydrogen-bond acceptors (Lipinski definition) is 4. The van der Waals surface area contributed by atoms with E-state index in [1.807, 2.05) is 19.1 Å². The van der Waals surface area contributed by atoms with E-state index < -0.39 is 0 Å². The largest absolute Gasteiger partial charge is 0.496 e. The van der Waals surface area contributed by atoms with E-state index in [1.165, 1.54) is 5.56 Å². The van der Waals surface area contributed by atoms with E-state index in [9.17, 15) is 4.79 Å². The lowest BCUT2D eigenvalue weighted by Crippen LogP contribution is -2.45. The molecule has 0 bridgehead atoms. The molecule has 0 spiro atoms. The first kappa shape index (κ1) is 17.8. The minimum Gasteiger partial charge on any atom is -0.496 e. The number of esters is 1. The van der Waals surface area contributed by atoms with Gasteiger partial charge in [0.05, 0.1) is 13.7 Å². The second-order valence-corrected chi connectivity index (χ2v) is 6.14. The molecule has 4 nitrogen and oxygen atoms in total. The average Bonchev–Trinajstić information content (AvgIpc) is 2.61. The fourth-order valence-corrected chi connectivity index (χ4v) is 3.40. The Morgan fingerprint density at radius 3 is 2.57 bits per heavy atom. The summed E-state index contributed by atoms with van der Waals surface area (Å²) >= 11 is 0. The van der Waals surface area contributed by atoms with E-state index >= 15 is 0 Å². The molecule has 0 aliphatic carbocycles. The van der Waals surface area contributed by atoms with Crippen LogP contribution in [0.4, 0.5) is 0 Å². The maximum atomic E-state index is 12.2. The number of carbonyl (C=O) groups is 1. The van der Waals surface area contributed by atoms with Crippen molar-refractivity contribution < 1.29 is 14.3 Å². The van der Waals surface area contributed by atoms with E-state index in [0.717, 1.165) is 44.5 Å². The molecule has 0 N–H and O–H groups in total. The highest BCUT2D eigenvalue weighted by Crippen LogP contribution is 2.34. The number of hydrogen-bond donors (Lipinski definition) is 0. The van der Waals surface area contributed by atoms with Crippen molar-refractivity contribution in [3.63, 3.8) is 0 Å². The van der Waals surface area contributed by atoms with Crippen LogP contribution in [0, 0.1) is 0 Å². The van der Waals surface area contributed by atoms with Crippen LogP contribution in [0.25, 0.3) is 0 Å². The van der Waals surface area contributed by atoms with Crippen molar-refractivity contribution in [1.29, 1.82) is 0 Å². The Labute approximate surface area is 139 Å². The van der Waals surface area contributed by atoms with Crippen molar-refractivity contribution in [2.75, 3.05) is 26.8 Å². The predicted molar refractivity (Wildman–Crippen MR) is 91.9 cm³/mol. The van der Waals surface area contributed by atoms with Crippen molar-refractivity contribution >= 4 is 5.97 Å². The van der Waals surface area contributed by atoms with E-state index in [0.29, 0.717) is 12.5 Å². The number of benzene rings is 1. The third kappa shape index (κ3) is 4.47. The van der Waals surface area contributed by atoms with Gasteiger partial charge >= 0.3 is 5.97 Å². The molecule has 1 aliphatic rings. The number of para-hydroxylation sites is 1. The maximum absolute atomic E-state index is 12.2. The maximum Gasteiger partial charge on any atom is 0.323 e. The average molecular weight is 319 g/mol. The molecule has 0 amide bonds. The van der Waals surface area contributed by atoms with Crippen molar-refractivity contribution in [3.05, 3.63) is 29.8 Å². The van der Waals surface area contributed by atoms with Crippen molar-refractivity contribution in [3.8, 4) is 5.75 Å². The second kappa shape index (κ2) is 8.92. The Bertz CT molecular complexity index is 495. The normalized spacial score (nSPS) is 17.7. The highest BCUT2D eigenvalue weighted by molar-refractivity contribution is 5.75. The molecule has 0 radical (unpaired) electrons. The lowest BCUT2D eigenvalue weighted by atomic mass is 9.88. The number of methoxy groups -OCH3 is 1. The van der Waals surface area contributed by atoms with E-state index in [-0.39, 0.29) is 12.0 Å². The SMILES string of the molecule is CCCOC(=O)C(CC)N1CCC(c2ccccc2OC)CC1. The summed E-state index contributed by atoms with van der Waals surface area (Å²) in [6.45, 7) is 6.47. The first-order chi connectivity index (χ1) is 11.2. The first-order valence-electron chi connectivity index (χ1n) is 8.74. The van der Waals surface area contributed by atoms with Gasteiger partial charge in [-0.25, -0.2) is 0 Å². The van der Waals surface area contributed by atoms with Gasteiger partial charge in [0, 0.05) is 0 Å². The van der Waals surface area contributed by atoms with E-state index in [4.69, 9.17) is 9.47 Å². The summed E-state index contributed by atoms with van der Waals surface area (Å²) in [7, 11) is 1.73. The smallest absolute Gasteiger partial charge is 0.323 e. The van der Waals surface area contributed by atoms with Gasteiger partial charge in [0.2, 0.25) is 0 Å². The number of nitrogens with zero attached hydrogens (tertiary/aromatic N) is 1. The molecule has 1 aromatic rings. The molecule has 1 saturated heterocycles. The number of piperidine rings is 1. The molecule has 128 valence electrons. The zero-order chi connectivity index (χ0) is 16.7. The van der Waals surface area contributed by atoms with Gasteiger partial charge in [0.1, 0.15) is 11.8 Å². The quantitative estimate of drug-likeness (QED) is 0.720. The minimum absolute atomic E-state index is 0.0647. The highest BCUT2D eigenvalue weighted by Gasteiger charge is 2.30. The zero-order valence-corrected chi connectivity index (χ0v) is 14.6. The monoisotopic (exact) mass is 319 g/mol. The van der Waals surface area contributed by atoms with Gasteiger partial charge in [0.15, 0.2) is 0 Å². The molecule has 23 heavy (non-hydrogen) atoms. The van der Waals surface area contributed by atoms with Gasteiger partial charge in [-0.05, 0) is 56.3 Å². The fraction of sp³-hybridized carbons (Fsp3) is 0.632. The first-order valence-corrected chi connectivity index (χ1v) is 8.74. The molecule has 1 aliphatic heterocycles. The third-order valence-electron chi connectivity index (χ3n) is 4.66. The van der Waals surface area contributed by atoms with Crippen LogP contribution < -0.4 is 4.74 Å². The van der Waals surface area contributed by atoms with Gasteiger partial charge in [0.25, 0.3) is 0 Å². The molecular formula is C19H29NO3. The summed E-state index contributed by atoms with van der Waals surface area (Å²) in [5.41, 5.74) is 1.29. The molecule has 0 aromatic heterocycles. The summed E-state index contributed by atoms with van der Waals surface area (Å²) < 4.78 is 10.8. The Kier molecular flexibility index (Phi) is 6.90. The minimum atomic E-state index is -0.0971. The van der Waals surface area contributed by atoms with Crippen molar-refractivity contribution in [1.82, 2.24) is 4.90 Å². The number of likely N-dealkylation sites (tertiary alicyclic amines) is 1. The molecule has 1 heterocycles. The lowest BCUT2D eigenvalue weighted by Gasteiger charge is -2.36. The van der Waals surface area contributed by atoms with Crippen molar-refractivity contribution in [2.24, 2.45) is 0 Å². The topological polar surface area (TPSA) is 38.8 Å². The lowest BCUT2D eigenvalue weighted by molar-refractivity contribution is -0.150. The number of rotatable bonds is 7. The molecule has 4 heteroatoms. The molecule has 1 unspecified atom stereocenters. The highest BCUT2D eigenvalue weighted by atomic mass is 16.5. The van der Waals surface area contributed by atoms with Crippen LogP contribution in [0.5, 0.6) is 5.75 Å². The van der Waals surface area contributed by atoms with Crippen molar-refractivity contribution in [2.45, 2.75) is 51.5 Å².